The minimum Gasteiger partial charge on any atom is -0.338 e. The molecule has 2 aromatic heterocycles. The number of aryl methyl sites for hydroxylation is 1. The minimum absolute atomic E-state index is 0.197. The summed E-state index contributed by atoms with van der Waals surface area (Å²) < 4.78 is 8.45. The lowest BCUT2D eigenvalue weighted by Crippen LogP contribution is -2.36. The van der Waals surface area contributed by atoms with E-state index in [1.165, 1.54) is 11.7 Å². The quantitative estimate of drug-likeness (QED) is 0.754. The smallest absolute Gasteiger partial charge is 0.315 e. The molecule has 0 spiro atoms. The van der Waals surface area contributed by atoms with Crippen molar-refractivity contribution in [2.75, 3.05) is 6.54 Å². The monoisotopic (exact) mass is 327 g/mol. The maximum Gasteiger partial charge on any atom is 0.315 e. The molecule has 118 valence electrons. The normalized spacial score (nSPS) is 10.7. The Morgan fingerprint density at radius 2 is 2.09 bits per heavy atom. The Morgan fingerprint density at radius 1 is 1.17 bits per heavy atom. The summed E-state index contributed by atoms with van der Waals surface area (Å²) in [6.07, 6.45) is 2.54. The van der Waals surface area contributed by atoms with Gasteiger partial charge in [-0.3, -0.25) is 4.98 Å². The van der Waals surface area contributed by atoms with Crippen molar-refractivity contribution in [3.8, 4) is 0 Å². The zero-order chi connectivity index (χ0) is 16.1. The number of urea groups is 1. The molecule has 2 N–H and O–H groups in total. The topological polar surface area (TPSA) is 79.8 Å². The second-order valence-corrected chi connectivity index (χ2v) is 5.76. The van der Waals surface area contributed by atoms with E-state index in [2.05, 4.69) is 24.4 Å². The highest BCUT2D eigenvalue weighted by molar-refractivity contribution is 7.00. The summed E-state index contributed by atoms with van der Waals surface area (Å²) in [6.45, 7) is 2.97. The predicted molar refractivity (Wildman–Crippen MR) is 90.3 cm³/mol. The molecule has 0 aliphatic rings. The second-order valence-electron chi connectivity index (χ2n) is 5.24. The van der Waals surface area contributed by atoms with Gasteiger partial charge in [0.15, 0.2) is 0 Å². The van der Waals surface area contributed by atoms with E-state index in [9.17, 15) is 4.79 Å². The average Bonchev–Trinajstić information content (AvgIpc) is 3.04. The summed E-state index contributed by atoms with van der Waals surface area (Å²) >= 11 is 1.18. The number of aromatic nitrogens is 3. The summed E-state index contributed by atoms with van der Waals surface area (Å²) in [7, 11) is 0. The Kier molecular flexibility index (Phi) is 4.77. The van der Waals surface area contributed by atoms with Gasteiger partial charge in [0.05, 0.1) is 11.7 Å². The molecule has 23 heavy (non-hydrogen) atoms. The Balaban J connectivity index is 1.46. The van der Waals surface area contributed by atoms with Gasteiger partial charge in [0, 0.05) is 37.0 Å². The van der Waals surface area contributed by atoms with Crippen LogP contribution in [0.15, 0.2) is 36.5 Å². The van der Waals surface area contributed by atoms with E-state index >= 15 is 0 Å². The third-order valence-electron chi connectivity index (χ3n) is 3.45. The standard InChI is InChI=1S/C16H17N5OS/c1-11-5-6-13(18-9-11)7-8-17-16(22)19-10-12-3-2-4-14-15(12)21-23-20-14/h2-6,9H,7-8,10H2,1H3,(H2,17,19,22). The summed E-state index contributed by atoms with van der Waals surface area (Å²) in [5.41, 5.74) is 4.77. The first kappa shape index (κ1) is 15.4. The van der Waals surface area contributed by atoms with Crippen molar-refractivity contribution in [3.05, 3.63) is 53.3 Å². The summed E-state index contributed by atoms with van der Waals surface area (Å²) in [5, 5.41) is 5.68. The molecule has 0 atom stereocenters. The molecule has 0 bridgehead atoms. The van der Waals surface area contributed by atoms with Crippen molar-refractivity contribution < 1.29 is 4.79 Å². The number of nitrogens with one attached hydrogen (secondary N) is 2. The molecule has 0 saturated heterocycles. The van der Waals surface area contributed by atoms with Crippen molar-refractivity contribution >= 4 is 28.8 Å². The Morgan fingerprint density at radius 3 is 2.91 bits per heavy atom. The minimum atomic E-state index is -0.197. The second kappa shape index (κ2) is 7.15. The zero-order valence-electron chi connectivity index (χ0n) is 12.7. The first-order valence-electron chi connectivity index (χ1n) is 7.36. The van der Waals surface area contributed by atoms with Crippen molar-refractivity contribution in [2.45, 2.75) is 19.9 Å². The fraction of sp³-hybridized carbons (Fsp3) is 0.250. The van der Waals surface area contributed by atoms with Crippen molar-refractivity contribution in [1.82, 2.24) is 24.4 Å². The molecule has 1 aromatic carbocycles. The number of benzene rings is 1. The van der Waals surface area contributed by atoms with Crippen LogP contribution in [0.1, 0.15) is 16.8 Å². The van der Waals surface area contributed by atoms with Crippen LogP contribution in [0.4, 0.5) is 4.79 Å². The van der Waals surface area contributed by atoms with Crippen LogP contribution in [-0.4, -0.2) is 26.3 Å². The third-order valence-corrected chi connectivity index (χ3v) is 3.99. The Bertz CT molecular complexity index is 800. The molecule has 2 amide bonds. The van der Waals surface area contributed by atoms with Gasteiger partial charge in [0.25, 0.3) is 0 Å². The number of amides is 2. The number of carbonyl (C=O) groups is 1. The number of pyridine rings is 1. The lowest BCUT2D eigenvalue weighted by molar-refractivity contribution is 0.240. The number of rotatable bonds is 5. The molecule has 0 saturated carbocycles. The van der Waals surface area contributed by atoms with Gasteiger partial charge >= 0.3 is 6.03 Å². The van der Waals surface area contributed by atoms with Crippen molar-refractivity contribution in [2.24, 2.45) is 0 Å². The summed E-state index contributed by atoms with van der Waals surface area (Å²) in [4.78, 5) is 16.2. The fourth-order valence-corrected chi connectivity index (χ4v) is 2.76. The molecule has 0 unspecified atom stereocenters. The average molecular weight is 327 g/mol. The fourth-order valence-electron chi connectivity index (χ4n) is 2.19. The molecule has 6 nitrogen and oxygen atoms in total. The molecule has 2 heterocycles. The predicted octanol–water partition coefficient (Wildman–Crippen LogP) is 2.44. The number of carbonyl (C=O) groups excluding carboxylic acids is 1. The van der Waals surface area contributed by atoms with Gasteiger partial charge in [0.2, 0.25) is 0 Å². The SMILES string of the molecule is Cc1ccc(CCNC(=O)NCc2cccc3nsnc23)nc1. The van der Waals surface area contributed by atoms with Gasteiger partial charge < -0.3 is 10.6 Å². The third kappa shape index (κ3) is 4.01. The first-order valence-corrected chi connectivity index (χ1v) is 8.09. The van der Waals surface area contributed by atoms with Gasteiger partial charge in [-0.1, -0.05) is 18.2 Å². The molecule has 0 fully saturated rings. The van der Waals surface area contributed by atoms with Gasteiger partial charge in [-0.15, -0.1) is 0 Å². The highest BCUT2D eigenvalue weighted by Gasteiger charge is 2.06. The van der Waals surface area contributed by atoms with Crippen LogP contribution in [0.25, 0.3) is 11.0 Å². The van der Waals surface area contributed by atoms with E-state index in [-0.39, 0.29) is 6.03 Å². The van der Waals surface area contributed by atoms with Gasteiger partial charge in [-0.2, -0.15) is 8.75 Å². The summed E-state index contributed by atoms with van der Waals surface area (Å²) in [6, 6.07) is 9.58. The Labute approximate surface area is 138 Å². The maximum absolute atomic E-state index is 11.9. The number of hydrogen-bond acceptors (Lipinski definition) is 5. The van der Waals surface area contributed by atoms with Crippen LogP contribution in [0, 0.1) is 6.92 Å². The number of fused-ring (bicyclic) bond motifs is 1. The van der Waals surface area contributed by atoms with Crippen molar-refractivity contribution in [3.63, 3.8) is 0 Å². The van der Waals surface area contributed by atoms with Crippen LogP contribution in [0.5, 0.6) is 0 Å². The lowest BCUT2D eigenvalue weighted by atomic mass is 10.2. The van der Waals surface area contributed by atoms with Crippen LogP contribution in [0.2, 0.25) is 0 Å². The van der Waals surface area contributed by atoms with Crippen LogP contribution < -0.4 is 10.6 Å². The van der Waals surface area contributed by atoms with Crippen LogP contribution >= 0.6 is 11.7 Å². The van der Waals surface area contributed by atoms with Gasteiger partial charge in [-0.25, -0.2) is 4.79 Å². The molecule has 0 radical (unpaired) electrons. The van der Waals surface area contributed by atoms with E-state index in [0.717, 1.165) is 27.9 Å². The number of hydrogen-bond donors (Lipinski definition) is 2. The molecule has 0 aliphatic carbocycles. The largest absolute Gasteiger partial charge is 0.338 e. The van der Waals surface area contributed by atoms with E-state index in [4.69, 9.17) is 0 Å². The molecular weight excluding hydrogens is 310 g/mol. The van der Waals surface area contributed by atoms with Crippen molar-refractivity contribution in [1.29, 1.82) is 0 Å². The van der Waals surface area contributed by atoms with Gasteiger partial charge in [0.1, 0.15) is 11.0 Å². The zero-order valence-corrected chi connectivity index (χ0v) is 13.6. The molecule has 3 rings (SSSR count). The molecule has 3 aromatic rings. The van der Waals surface area contributed by atoms with E-state index in [1.54, 1.807) is 0 Å². The van der Waals surface area contributed by atoms with Gasteiger partial charge in [-0.05, 0) is 24.6 Å². The van der Waals surface area contributed by atoms with Crippen LogP contribution in [-0.2, 0) is 13.0 Å². The Hall–Kier alpha value is -2.54. The highest BCUT2D eigenvalue weighted by atomic mass is 32.1. The lowest BCUT2D eigenvalue weighted by Gasteiger charge is -2.08. The molecular formula is C16H17N5OS. The first-order chi connectivity index (χ1) is 11.2. The highest BCUT2D eigenvalue weighted by Crippen LogP contribution is 2.15. The molecule has 7 heteroatoms. The molecule has 0 aliphatic heterocycles. The van der Waals surface area contributed by atoms with Crippen LogP contribution in [0.3, 0.4) is 0 Å². The summed E-state index contributed by atoms with van der Waals surface area (Å²) in [5.74, 6) is 0. The maximum atomic E-state index is 11.9. The van der Waals surface area contributed by atoms with E-state index in [1.807, 2.05) is 43.5 Å². The van der Waals surface area contributed by atoms with E-state index in [0.29, 0.717) is 19.5 Å². The number of nitrogens with zero attached hydrogens (tertiary/aromatic N) is 3. The van der Waals surface area contributed by atoms with E-state index < -0.39 is 0 Å².